The summed E-state index contributed by atoms with van der Waals surface area (Å²) in [7, 11) is 0. The van der Waals surface area contributed by atoms with Crippen molar-refractivity contribution in [2.24, 2.45) is 0 Å². The quantitative estimate of drug-likeness (QED) is 0.119. The van der Waals surface area contributed by atoms with Crippen molar-refractivity contribution < 1.29 is 23.4 Å². The van der Waals surface area contributed by atoms with E-state index in [1.54, 1.807) is 60.7 Å². The number of unbranched alkanes of at least 4 members (excludes halogenated alkanes) is 3. The van der Waals surface area contributed by atoms with Crippen molar-refractivity contribution in [2.75, 3.05) is 19.8 Å². The van der Waals surface area contributed by atoms with E-state index in [-0.39, 0.29) is 5.75 Å². The van der Waals surface area contributed by atoms with Crippen LogP contribution in [0.1, 0.15) is 41.6 Å². The van der Waals surface area contributed by atoms with Crippen LogP contribution < -0.4 is 9.47 Å². The SMILES string of the molecule is C=CCOCCCCCCOc1ccc(C(=O)Oc2ccc(-c3ccc(C#N)cc3)c(F)c2)cc1. The van der Waals surface area contributed by atoms with Crippen molar-refractivity contribution >= 4 is 5.97 Å². The minimum absolute atomic E-state index is 0.111. The fraction of sp³-hybridized carbons (Fsp3) is 0.241. The fourth-order valence-electron chi connectivity index (χ4n) is 3.39. The van der Waals surface area contributed by atoms with Crippen LogP contribution in [0.4, 0.5) is 4.39 Å². The van der Waals surface area contributed by atoms with Gasteiger partial charge in [0.15, 0.2) is 0 Å². The maximum Gasteiger partial charge on any atom is 0.343 e. The molecule has 0 unspecified atom stereocenters. The summed E-state index contributed by atoms with van der Waals surface area (Å²) in [6, 6.07) is 19.6. The molecule has 6 heteroatoms. The van der Waals surface area contributed by atoms with Gasteiger partial charge in [0, 0.05) is 18.2 Å². The first kappa shape index (κ1) is 25.7. The lowest BCUT2D eigenvalue weighted by atomic mass is 10.0. The minimum Gasteiger partial charge on any atom is -0.494 e. The predicted octanol–water partition coefficient (Wildman–Crippen LogP) is 6.73. The van der Waals surface area contributed by atoms with Crippen LogP contribution in [-0.4, -0.2) is 25.8 Å². The van der Waals surface area contributed by atoms with E-state index in [9.17, 15) is 9.18 Å². The Morgan fingerprint density at radius 1 is 0.914 bits per heavy atom. The van der Waals surface area contributed by atoms with Crippen LogP contribution in [-0.2, 0) is 4.74 Å². The molecule has 0 fully saturated rings. The number of carbonyl (C=O) groups is 1. The number of hydrogen-bond donors (Lipinski definition) is 0. The number of esters is 1. The highest BCUT2D eigenvalue weighted by Crippen LogP contribution is 2.27. The molecule has 5 nitrogen and oxygen atoms in total. The van der Waals surface area contributed by atoms with Crippen molar-refractivity contribution in [3.8, 4) is 28.7 Å². The third-order valence-electron chi connectivity index (χ3n) is 5.25. The molecular formula is C29H28FNO4. The van der Waals surface area contributed by atoms with E-state index in [4.69, 9.17) is 19.5 Å². The fourth-order valence-corrected chi connectivity index (χ4v) is 3.39. The maximum atomic E-state index is 14.6. The zero-order valence-electron chi connectivity index (χ0n) is 19.5. The zero-order valence-corrected chi connectivity index (χ0v) is 19.5. The van der Waals surface area contributed by atoms with Crippen molar-refractivity contribution in [2.45, 2.75) is 25.7 Å². The first-order chi connectivity index (χ1) is 17.1. The second kappa shape index (κ2) is 13.7. The Labute approximate surface area is 205 Å². The Bertz CT molecular complexity index is 1150. The van der Waals surface area contributed by atoms with Crippen LogP contribution in [0.3, 0.4) is 0 Å². The molecule has 35 heavy (non-hydrogen) atoms. The molecule has 0 radical (unpaired) electrons. The van der Waals surface area contributed by atoms with Crippen LogP contribution in [0.25, 0.3) is 11.1 Å². The van der Waals surface area contributed by atoms with Gasteiger partial charge in [-0.1, -0.05) is 24.6 Å². The van der Waals surface area contributed by atoms with E-state index in [0.717, 1.165) is 32.3 Å². The summed E-state index contributed by atoms with van der Waals surface area (Å²) in [4.78, 5) is 12.5. The van der Waals surface area contributed by atoms with Gasteiger partial charge in [-0.3, -0.25) is 0 Å². The predicted molar refractivity (Wildman–Crippen MR) is 133 cm³/mol. The molecule has 0 amide bonds. The minimum atomic E-state index is -0.583. The van der Waals surface area contributed by atoms with Gasteiger partial charge in [-0.25, -0.2) is 9.18 Å². The molecule has 0 spiro atoms. The Morgan fingerprint density at radius 2 is 1.60 bits per heavy atom. The molecule has 0 aliphatic heterocycles. The van der Waals surface area contributed by atoms with Gasteiger partial charge >= 0.3 is 5.97 Å². The highest BCUT2D eigenvalue weighted by atomic mass is 19.1. The van der Waals surface area contributed by atoms with Crippen LogP contribution in [0, 0.1) is 17.1 Å². The number of rotatable bonds is 13. The summed E-state index contributed by atoms with van der Waals surface area (Å²) >= 11 is 0. The summed E-state index contributed by atoms with van der Waals surface area (Å²) in [5.41, 5.74) is 1.83. The molecule has 0 saturated carbocycles. The van der Waals surface area contributed by atoms with E-state index in [0.29, 0.717) is 41.2 Å². The second-order valence-corrected chi connectivity index (χ2v) is 7.87. The Kier molecular flexibility index (Phi) is 10.0. The topological polar surface area (TPSA) is 68.6 Å². The second-order valence-electron chi connectivity index (χ2n) is 7.87. The lowest BCUT2D eigenvalue weighted by Crippen LogP contribution is -2.08. The number of carbonyl (C=O) groups excluding carboxylic acids is 1. The summed E-state index contributed by atoms with van der Waals surface area (Å²) in [6.07, 6.45) is 5.85. The van der Waals surface area contributed by atoms with E-state index >= 15 is 0 Å². The number of halogens is 1. The van der Waals surface area contributed by atoms with Crippen molar-refractivity contribution in [1.29, 1.82) is 5.26 Å². The lowest BCUT2D eigenvalue weighted by Gasteiger charge is -2.09. The third-order valence-corrected chi connectivity index (χ3v) is 5.25. The summed E-state index contributed by atoms with van der Waals surface area (Å²) in [5.74, 6) is -0.317. The highest BCUT2D eigenvalue weighted by molar-refractivity contribution is 5.91. The molecule has 0 heterocycles. The molecule has 180 valence electrons. The van der Waals surface area contributed by atoms with Gasteiger partial charge in [0.25, 0.3) is 0 Å². The number of hydrogen-bond acceptors (Lipinski definition) is 5. The molecule has 0 bridgehead atoms. The highest BCUT2D eigenvalue weighted by Gasteiger charge is 2.12. The first-order valence-corrected chi connectivity index (χ1v) is 11.5. The largest absolute Gasteiger partial charge is 0.494 e. The van der Waals surface area contributed by atoms with E-state index in [1.807, 2.05) is 6.07 Å². The van der Waals surface area contributed by atoms with Gasteiger partial charge in [-0.15, -0.1) is 6.58 Å². The average Bonchev–Trinajstić information content (AvgIpc) is 2.88. The number of benzene rings is 3. The molecule has 0 aliphatic carbocycles. The molecule has 0 saturated heterocycles. The van der Waals surface area contributed by atoms with Gasteiger partial charge in [0.1, 0.15) is 17.3 Å². The Morgan fingerprint density at radius 3 is 2.26 bits per heavy atom. The standard InChI is InChI=1S/C29H28FNO4/c1-2-17-33-18-5-3-4-6-19-34-25-13-11-24(12-14-25)29(32)35-26-15-16-27(28(30)20-26)23-9-7-22(21-31)8-10-23/h2,7-16,20H,1,3-6,17-19H2. The van der Waals surface area contributed by atoms with Crippen LogP contribution >= 0.6 is 0 Å². The van der Waals surface area contributed by atoms with E-state index in [1.165, 1.54) is 12.1 Å². The smallest absolute Gasteiger partial charge is 0.343 e. The lowest BCUT2D eigenvalue weighted by molar-refractivity contribution is 0.0734. The van der Waals surface area contributed by atoms with E-state index < -0.39 is 11.8 Å². The Hall–Kier alpha value is -3.95. The first-order valence-electron chi connectivity index (χ1n) is 11.5. The number of nitriles is 1. The van der Waals surface area contributed by atoms with Crippen LogP contribution in [0.15, 0.2) is 79.4 Å². The summed E-state index contributed by atoms with van der Waals surface area (Å²) in [6.45, 7) is 5.55. The van der Waals surface area contributed by atoms with Gasteiger partial charge in [-0.2, -0.15) is 5.26 Å². The monoisotopic (exact) mass is 473 g/mol. The molecule has 0 aromatic heterocycles. The van der Waals surface area contributed by atoms with Gasteiger partial charge in [-0.05, 0) is 73.4 Å². The number of nitrogens with zero attached hydrogens (tertiary/aromatic N) is 1. The van der Waals surface area contributed by atoms with Gasteiger partial charge in [0.05, 0.1) is 30.4 Å². The van der Waals surface area contributed by atoms with Crippen molar-refractivity contribution in [3.05, 3.63) is 96.3 Å². The molecule has 3 aromatic carbocycles. The molecule has 0 aliphatic rings. The van der Waals surface area contributed by atoms with Crippen molar-refractivity contribution in [3.63, 3.8) is 0 Å². The molecule has 0 N–H and O–H groups in total. The maximum absolute atomic E-state index is 14.6. The van der Waals surface area contributed by atoms with Crippen LogP contribution in [0.5, 0.6) is 11.5 Å². The Balaban J connectivity index is 1.45. The van der Waals surface area contributed by atoms with E-state index in [2.05, 4.69) is 6.58 Å². The zero-order chi connectivity index (χ0) is 24.9. The molecule has 3 rings (SSSR count). The third kappa shape index (κ3) is 8.09. The van der Waals surface area contributed by atoms with Crippen molar-refractivity contribution in [1.82, 2.24) is 0 Å². The normalized spacial score (nSPS) is 10.4. The molecule has 0 atom stereocenters. The summed E-state index contributed by atoms with van der Waals surface area (Å²) < 4.78 is 31.0. The average molecular weight is 474 g/mol. The van der Waals surface area contributed by atoms with Gasteiger partial charge < -0.3 is 14.2 Å². The van der Waals surface area contributed by atoms with Crippen LogP contribution in [0.2, 0.25) is 0 Å². The summed E-state index contributed by atoms with van der Waals surface area (Å²) in [5, 5.41) is 8.89. The van der Waals surface area contributed by atoms with Gasteiger partial charge in [0.2, 0.25) is 0 Å². The molecule has 3 aromatic rings. The molecular weight excluding hydrogens is 445 g/mol. The number of ether oxygens (including phenoxy) is 3.